The molecular weight excluding hydrogens is 186 g/mol. The summed E-state index contributed by atoms with van der Waals surface area (Å²) in [5, 5.41) is 0. The molecule has 2 aliphatic heterocycles. The molecule has 0 amide bonds. The lowest BCUT2D eigenvalue weighted by atomic mass is 9.98. The fourth-order valence-corrected chi connectivity index (χ4v) is 2.98. The standard InChI is InChI=1S/C13H21NO/c1-2-11(1)12-3-7-14(8-4-12)13-5-9-15-10-6-13/h13H,1-10H2. The van der Waals surface area contributed by atoms with Gasteiger partial charge in [0.15, 0.2) is 0 Å². The Morgan fingerprint density at radius 3 is 2.07 bits per heavy atom. The van der Waals surface area contributed by atoms with Crippen molar-refractivity contribution in [3.8, 4) is 0 Å². The summed E-state index contributed by atoms with van der Waals surface area (Å²) in [7, 11) is 0. The van der Waals surface area contributed by atoms with Crippen LogP contribution in [0.15, 0.2) is 11.1 Å². The highest BCUT2D eigenvalue weighted by Gasteiger charge is 2.26. The van der Waals surface area contributed by atoms with E-state index >= 15 is 0 Å². The SMILES string of the molecule is C1CC(N2CCC(=C3CC3)CC2)CCO1. The number of allylic oxidation sites excluding steroid dienone is 1. The minimum Gasteiger partial charge on any atom is -0.381 e. The molecule has 1 aliphatic carbocycles. The number of rotatable bonds is 1. The molecule has 0 aromatic heterocycles. The summed E-state index contributed by atoms with van der Waals surface area (Å²) in [4.78, 5) is 2.70. The average molecular weight is 207 g/mol. The minimum absolute atomic E-state index is 0.824. The smallest absolute Gasteiger partial charge is 0.0480 e. The van der Waals surface area contributed by atoms with Crippen LogP contribution >= 0.6 is 0 Å². The largest absolute Gasteiger partial charge is 0.381 e. The van der Waals surface area contributed by atoms with Gasteiger partial charge in [0.2, 0.25) is 0 Å². The predicted octanol–water partition coefficient (Wildman–Crippen LogP) is 2.35. The van der Waals surface area contributed by atoms with Crippen LogP contribution in [0.5, 0.6) is 0 Å². The second-order valence-corrected chi connectivity index (χ2v) is 5.09. The third-order valence-corrected chi connectivity index (χ3v) is 4.11. The summed E-state index contributed by atoms with van der Waals surface area (Å²) in [5.41, 5.74) is 3.60. The molecule has 2 heterocycles. The van der Waals surface area contributed by atoms with Gasteiger partial charge in [-0.2, -0.15) is 0 Å². The van der Waals surface area contributed by atoms with E-state index in [2.05, 4.69) is 4.90 Å². The van der Waals surface area contributed by atoms with Gasteiger partial charge >= 0.3 is 0 Å². The Hall–Kier alpha value is -0.340. The quantitative estimate of drug-likeness (QED) is 0.612. The molecule has 2 nitrogen and oxygen atoms in total. The molecule has 3 rings (SSSR count). The first-order valence-electron chi connectivity index (χ1n) is 6.45. The Kier molecular flexibility index (Phi) is 2.80. The van der Waals surface area contributed by atoms with Crippen molar-refractivity contribution in [2.45, 2.75) is 44.6 Å². The Bertz CT molecular complexity index is 250. The van der Waals surface area contributed by atoms with Gasteiger partial charge in [0.1, 0.15) is 0 Å². The van der Waals surface area contributed by atoms with E-state index in [1.165, 1.54) is 51.6 Å². The van der Waals surface area contributed by atoms with Crippen LogP contribution in [-0.4, -0.2) is 37.2 Å². The number of hydrogen-bond donors (Lipinski definition) is 0. The molecule has 2 saturated heterocycles. The van der Waals surface area contributed by atoms with Crippen molar-refractivity contribution in [3.63, 3.8) is 0 Å². The van der Waals surface area contributed by atoms with Crippen LogP contribution in [-0.2, 0) is 4.74 Å². The second-order valence-electron chi connectivity index (χ2n) is 5.09. The maximum Gasteiger partial charge on any atom is 0.0480 e. The first kappa shape index (κ1) is 9.86. The Labute approximate surface area is 92.3 Å². The van der Waals surface area contributed by atoms with Crippen molar-refractivity contribution >= 4 is 0 Å². The fourth-order valence-electron chi connectivity index (χ4n) is 2.98. The van der Waals surface area contributed by atoms with E-state index in [9.17, 15) is 0 Å². The number of ether oxygens (including phenoxy) is 1. The number of nitrogens with zero attached hydrogens (tertiary/aromatic N) is 1. The predicted molar refractivity (Wildman–Crippen MR) is 60.9 cm³/mol. The van der Waals surface area contributed by atoms with Gasteiger partial charge in [-0.3, -0.25) is 4.90 Å². The molecule has 0 spiro atoms. The van der Waals surface area contributed by atoms with Gasteiger partial charge in [-0.15, -0.1) is 0 Å². The Morgan fingerprint density at radius 1 is 0.867 bits per heavy atom. The molecule has 84 valence electrons. The lowest BCUT2D eigenvalue weighted by Gasteiger charge is -2.37. The van der Waals surface area contributed by atoms with E-state index in [0.29, 0.717) is 0 Å². The summed E-state index contributed by atoms with van der Waals surface area (Å²) in [6.45, 7) is 4.58. The van der Waals surface area contributed by atoms with E-state index in [4.69, 9.17) is 4.74 Å². The van der Waals surface area contributed by atoms with Crippen LogP contribution < -0.4 is 0 Å². The van der Waals surface area contributed by atoms with Crippen molar-refractivity contribution < 1.29 is 4.74 Å². The maximum absolute atomic E-state index is 5.42. The van der Waals surface area contributed by atoms with Crippen molar-refractivity contribution in [2.75, 3.05) is 26.3 Å². The van der Waals surface area contributed by atoms with E-state index in [-0.39, 0.29) is 0 Å². The van der Waals surface area contributed by atoms with Gasteiger partial charge < -0.3 is 4.74 Å². The van der Waals surface area contributed by atoms with Crippen LogP contribution in [0.25, 0.3) is 0 Å². The van der Waals surface area contributed by atoms with Gasteiger partial charge in [-0.05, 0) is 38.5 Å². The fraction of sp³-hybridized carbons (Fsp3) is 0.846. The zero-order chi connectivity index (χ0) is 10.1. The lowest BCUT2D eigenvalue weighted by Crippen LogP contribution is -2.42. The van der Waals surface area contributed by atoms with Crippen molar-refractivity contribution in [3.05, 3.63) is 11.1 Å². The van der Waals surface area contributed by atoms with Gasteiger partial charge in [0.05, 0.1) is 0 Å². The van der Waals surface area contributed by atoms with E-state index in [1.807, 2.05) is 0 Å². The molecular formula is C13H21NO. The average Bonchev–Trinajstić information content (AvgIpc) is 3.15. The summed E-state index contributed by atoms with van der Waals surface area (Å²) < 4.78 is 5.42. The molecule has 2 heteroatoms. The molecule has 3 fully saturated rings. The molecule has 15 heavy (non-hydrogen) atoms. The minimum atomic E-state index is 0.824. The number of piperidine rings is 1. The van der Waals surface area contributed by atoms with Crippen molar-refractivity contribution in [2.24, 2.45) is 0 Å². The Balaban J connectivity index is 1.54. The van der Waals surface area contributed by atoms with Crippen LogP contribution in [0.3, 0.4) is 0 Å². The third kappa shape index (κ3) is 2.26. The number of likely N-dealkylation sites (tertiary alicyclic amines) is 1. The summed E-state index contributed by atoms with van der Waals surface area (Å²) >= 11 is 0. The van der Waals surface area contributed by atoms with Gasteiger partial charge in [-0.25, -0.2) is 0 Å². The van der Waals surface area contributed by atoms with Gasteiger partial charge in [0.25, 0.3) is 0 Å². The third-order valence-electron chi connectivity index (χ3n) is 4.11. The monoisotopic (exact) mass is 207 g/mol. The van der Waals surface area contributed by atoms with Gasteiger partial charge in [-0.1, -0.05) is 11.1 Å². The normalized spacial score (nSPS) is 29.6. The number of hydrogen-bond acceptors (Lipinski definition) is 2. The molecule has 0 N–H and O–H groups in total. The van der Waals surface area contributed by atoms with E-state index < -0.39 is 0 Å². The molecule has 0 aromatic carbocycles. The Morgan fingerprint density at radius 2 is 1.47 bits per heavy atom. The van der Waals surface area contributed by atoms with Gasteiger partial charge in [0, 0.05) is 32.3 Å². The molecule has 0 aromatic rings. The molecule has 1 saturated carbocycles. The van der Waals surface area contributed by atoms with E-state index in [0.717, 1.165) is 19.3 Å². The molecule has 0 bridgehead atoms. The highest BCUT2D eigenvalue weighted by molar-refractivity contribution is 5.26. The maximum atomic E-state index is 5.42. The zero-order valence-corrected chi connectivity index (χ0v) is 9.50. The molecule has 0 atom stereocenters. The lowest BCUT2D eigenvalue weighted by molar-refractivity contribution is 0.0312. The highest BCUT2D eigenvalue weighted by Crippen LogP contribution is 2.36. The van der Waals surface area contributed by atoms with Crippen LogP contribution in [0.1, 0.15) is 38.5 Å². The first-order valence-corrected chi connectivity index (χ1v) is 6.45. The van der Waals surface area contributed by atoms with Crippen LogP contribution in [0.2, 0.25) is 0 Å². The molecule has 3 aliphatic rings. The first-order chi connectivity index (χ1) is 7.43. The topological polar surface area (TPSA) is 12.5 Å². The summed E-state index contributed by atoms with van der Waals surface area (Å²) in [6.07, 6.45) is 8.04. The highest BCUT2D eigenvalue weighted by atomic mass is 16.5. The summed E-state index contributed by atoms with van der Waals surface area (Å²) in [6, 6.07) is 0.824. The van der Waals surface area contributed by atoms with E-state index in [1.54, 1.807) is 11.1 Å². The molecule has 0 unspecified atom stereocenters. The van der Waals surface area contributed by atoms with Crippen LogP contribution in [0.4, 0.5) is 0 Å². The zero-order valence-electron chi connectivity index (χ0n) is 9.50. The van der Waals surface area contributed by atoms with Crippen LogP contribution in [0, 0.1) is 0 Å². The molecule has 0 radical (unpaired) electrons. The second kappa shape index (κ2) is 4.26. The van der Waals surface area contributed by atoms with Crippen molar-refractivity contribution in [1.82, 2.24) is 4.90 Å². The summed E-state index contributed by atoms with van der Waals surface area (Å²) in [5.74, 6) is 0. The van der Waals surface area contributed by atoms with Crippen molar-refractivity contribution in [1.29, 1.82) is 0 Å².